The van der Waals surface area contributed by atoms with E-state index in [1.165, 1.54) is 7.11 Å². The number of carbonyl (C=O) groups is 1. The molecule has 23 heavy (non-hydrogen) atoms. The lowest BCUT2D eigenvalue weighted by atomic mass is 10.1. The highest BCUT2D eigenvalue weighted by molar-refractivity contribution is 5.80. The summed E-state index contributed by atoms with van der Waals surface area (Å²) in [4.78, 5) is 11.1. The Morgan fingerprint density at radius 1 is 1.22 bits per heavy atom. The van der Waals surface area contributed by atoms with Gasteiger partial charge in [0.25, 0.3) is 0 Å². The Bertz CT molecular complexity index is 762. The van der Waals surface area contributed by atoms with Gasteiger partial charge in [0.05, 0.1) is 12.8 Å². The van der Waals surface area contributed by atoms with Gasteiger partial charge >= 0.3 is 5.97 Å². The molecule has 0 aromatic heterocycles. The molecule has 0 amide bonds. The average molecular weight is 308 g/mol. The molecule has 0 heterocycles. The second-order valence-corrected chi connectivity index (χ2v) is 4.66. The lowest BCUT2D eigenvalue weighted by Crippen LogP contribution is -2.13. The maximum Gasteiger partial charge on any atom is 0.343 e. The van der Waals surface area contributed by atoms with Gasteiger partial charge in [-0.2, -0.15) is 5.26 Å². The van der Waals surface area contributed by atoms with E-state index in [1.807, 2.05) is 48.6 Å². The van der Waals surface area contributed by atoms with Gasteiger partial charge < -0.3 is 15.2 Å². The van der Waals surface area contributed by atoms with E-state index < -0.39 is 5.97 Å². The number of carbonyl (C=O) groups excluding carboxylic acids is 1. The van der Waals surface area contributed by atoms with E-state index in [1.54, 1.807) is 12.1 Å². The Kier molecular flexibility index (Phi) is 5.37. The molecule has 2 N–H and O–H groups in total. The Morgan fingerprint density at radius 2 is 1.96 bits per heavy atom. The molecule has 2 rings (SSSR count). The largest absolute Gasteiger partial charge is 0.480 e. The number of anilines is 1. The maximum absolute atomic E-state index is 11.1. The van der Waals surface area contributed by atoms with Crippen LogP contribution in [-0.4, -0.2) is 19.7 Å². The molecule has 0 aliphatic heterocycles. The van der Waals surface area contributed by atoms with Gasteiger partial charge in [0, 0.05) is 0 Å². The van der Waals surface area contributed by atoms with Crippen molar-refractivity contribution >= 4 is 23.8 Å². The summed E-state index contributed by atoms with van der Waals surface area (Å²) in [5.41, 5.74) is 8.26. The molecular weight excluding hydrogens is 292 g/mol. The molecule has 0 aliphatic rings. The van der Waals surface area contributed by atoms with E-state index in [0.717, 1.165) is 5.56 Å². The molecule has 0 bridgehead atoms. The number of rotatable bonds is 5. The highest BCUT2D eigenvalue weighted by atomic mass is 16.6. The molecule has 0 spiro atoms. The average Bonchev–Trinajstić information content (AvgIpc) is 2.59. The molecule has 0 saturated heterocycles. The van der Waals surface area contributed by atoms with Gasteiger partial charge in [-0.25, -0.2) is 4.79 Å². The molecule has 0 unspecified atom stereocenters. The van der Waals surface area contributed by atoms with Crippen LogP contribution in [0.2, 0.25) is 0 Å². The third-order valence-corrected chi connectivity index (χ3v) is 3.18. The lowest BCUT2D eigenvalue weighted by Gasteiger charge is -2.10. The van der Waals surface area contributed by atoms with Crippen LogP contribution in [0.1, 0.15) is 16.7 Å². The first-order valence-electron chi connectivity index (χ1n) is 6.91. The summed E-state index contributed by atoms with van der Waals surface area (Å²) in [6, 6.07) is 15.1. The van der Waals surface area contributed by atoms with Crippen molar-refractivity contribution in [3.8, 4) is 11.8 Å². The number of nitrogens with zero attached hydrogens (tertiary/aromatic N) is 1. The smallest absolute Gasteiger partial charge is 0.343 e. The van der Waals surface area contributed by atoms with Gasteiger partial charge in [0.15, 0.2) is 6.61 Å². The molecule has 0 saturated carbocycles. The van der Waals surface area contributed by atoms with E-state index in [9.17, 15) is 10.1 Å². The molecule has 2 aromatic carbocycles. The van der Waals surface area contributed by atoms with Crippen molar-refractivity contribution in [1.82, 2.24) is 0 Å². The molecule has 0 aliphatic carbocycles. The predicted octanol–water partition coefficient (Wildman–Crippen LogP) is 2.86. The topological polar surface area (TPSA) is 85.3 Å². The summed E-state index contributed by atoms with van der Waals surface area (Å²) in [5, 5.41) is 9.28. The minimum absolute atomic E-state index is 0.198. The van der Waals surface area contributed by atoms with Gasteiger partial charge in [0.1, 0.15) is 17.4 Å². The number of nitrogen functional groups attached to an aromatic ring is 1. The Labute approximate surface area is 134 Å². The quantitative estimate of drug-likeness (QED) is 0.521. The van der Waals surface area contributed by atoms with Crippen molar-refractivity contribution in [3.63, 3.8) is 0 Å². The minimum atomic E-state index is -0.527. The van der Waals surface area contributed by atoms with Crippen LogP contribution < -0.4 is 10.5 Å². The number of ether oxygens (including phenoxy) is 2. The molecule has 5 nitrogen and oxygen atoms in total. The Hall–Kier alpha value is -3.26. The fourth-order valence-corrected chi connectivity index (χ4v) is 1.94. The summed E-state index contributed by atoms with van der Waals surface area (Å²) in [7, 11) is 1.27. The molecule has 0 atom stereocenters. The number of benzene rings is 2. The number of esters is 1. The highest BCUT2D eigenvalue weighted by Crippen LogP contribution is 2.28. The molecule has 0 radical (unpaired) electrons. The summed E-state index contributed by atoms with van der Waals surface area (Å²) in [6.45, 7) is -0.274. The van der Waals surface area contributed by atoms with Crippen molar-refractivity contribution in [1.29, 1.82) is 5.26 Å². The van der Waals surface area contributed by atoms with Gasteiger partial charge in [-0.3, -0.25) is 0 Å². The third kappa shape index (κ3) is 4.11. The Morgan fingerprint density at radius 3 is 2.61 bits per heavy atom. The van der Waals surface area contributed by atoms with Gasteiger partial charge in [-0.1, -0.05) is 42.5 Å². The number of nitrogens with two attached hydrogens (primary N) is 1. The summed E-state index contributed by atoms with van der Waals surface area (Å²) in [6.07, 6.45) is 3.73. The molecule has 116 valence electrons. The van der Waals surface area contributed by atoms with Crippen molar-refractivity contribution in [3.05, 3.63) is 59.2 Å². The van der Waals surface area contributed by atoms with Crippen LogP contribution in [0.4, 0.5) is 5.69 Å². The van der Waals surface area contributed by atoms with E-state index in [4.69, 9.17) is 10.5 Å². The highest BCUT2D eigenvalue weighted by Gasteiger charge is 2.12. The standard InChI is InChI=1S/C18H16N2O3/c1-22-17(21)12-23-16-10-9-14(18(20)15(16)11-19)8-7-13-5-3-2-4-6-13/h2-10H,12,20H2,1H3/b8-7+. The molecule has 2 aromatic rings. The van der Waals surface area contributed by atoms with Crippen molar-refractivity contribution < 1.29 is 14.3 Å². The zero-order chi connectivity index (χ0) is 16.7. The lowest BCUT2D eigenvalue weighted by molar-refractivity contribution is -0.142. The molecule has 5 heteroatoms. The van der Waals surface area contributed by atoms with Crippen LogP contribution in [0.15, 0.2) is 42.5 Å². The van der Waals surface area contributed by atoms with Crippen LogP contribution in [0.3, 0.4) is 0 Å². The first-order chi connectivity index (χ1) is 11.2. The number of hydrogen-bond acceptors (Lipinski definition) is 5. The predicted molar refractivity (Wildman–Crippen MR) is 88.5 cm³/mol. The van der Waals surface area contributed by atoms with Crippen LogP contribution in [0, 0.1) is 11.3 Å². The van der Waals surface area contributed by atoms with Gasteiger partial charge in [0.2, 0.25) is 0 Å². The van der Waals surface area contributed by atoms with Gasteiger partial charge in [-0.15, -0.1) is 0 Å². The second kappa shape index (κ2) is 7.66. The van der Waals surface area contributed by atoms with Crippen molar-refractivity contribution in [2.45, 2.75) is 0 Å². The first-order valence-corrected chi connectivity index (χ1v) is 6.91. The third-order valence-electron chi connectivity index (χ3n) is 3.18. The van der Waals surface area contributed by atoms with E-state index in [-0.39, 0.29) is 17.9 Å². The number of methoxy groups -OCH3 is 1. The van der Waals surface area contributed by atoms with Crippen molar-refractivity contribution in [2.24, 2.45) is 0 Å². The fourth-order valence-electron chi connectivity index (χ4n) is 1.94. The normalized spacial score (nSPS) is 10.3. The van der Waals surface area contributed by atoms with E-state index >= 15 is 0 Å². The van der Waals surface area contributed by atoms with E-state index in [0.29, 0.717) is 11.3 Å². The minimum Gasteiger partial charge on any atom is -0.480 e. The maximum atomic E-state index is 11.1. The second-order valence-electron chi connectivity index (χ2n) is 4.66. The summed E-state index contributed by atoms with van der Waals surface area (Å²) in [5.74, 6) is -0.271. The van der Waals surface area contributed by atoms with Gasteiger partial charge in [-0.05, 0) is 23.3 Å². The first kappa shape index (κ1) is 16.1. The number of hydrogen-bond donors (Lipinski definition) is 1. The van der Waals surface area contributed by atoms with Crippen molar-refractivity contribution in [2.75, 3.05) is 19.5 Å². The molecule has 0 fully saturated rings. The number of nitriles is 1. The molecular formula is C18H16N2O3. The fraction of sp³-hybridized carbons (Fsp3) is 0.111. The van der Waals surface area contributed by atoms with E-state index in [2.05, 4.69) is 4.74 Å². The SMILES string of the molecule is COC(=O)COc1ccc(/C=C/c2ccccc2)c(N)c1C#N. The summed E-state index contributed by atoms with van der Waals surface area (Å²) >= 11 is 0. The summed E-state index contributed by atoms with van der Waals surface area (Å²) < 4.78 is 9.78. The van der Waals surface area contributed by atoms with Crippen LogP contribution in [-0.2, 0) is 9.53 Å². The van der Waals surface area contributed by atoms with Crippen LogP contribution in [0.5, 0.6) is 5.75 Å². The Balaban J connectivity index is 2.25. The zero-order valence-corrected chi connectivity index (χ0v) is 12.7. The van der Waals surface area contributed by atoms with Crippen LogP contribution in [0.25, 0.3) is 12.2 Å². The van der Waals surface area contributed by atoms with Crippen LogP contribution >= 0.6 is 0 Å². The zero-order valence-electron chi connectivity index (χ0n) is 12.7. The monoisotopic (exact) mass is 308 g/mol.